The van der Waals surface area contributed by atoms with E-state index in [1.54, 1.807) is 24.3 Å². The van der Waals surface area contributed by atoms with Crippen molar-refractivity contribution in [1.29, 1.82) is 0 Å². The molecule has 0 radical (unpaired) electrons. The van der Waals surface area contributed by atoms with Gasteiger partial charge in [-0.25, -0.2) is 0 Å². The molecule has 0 saturated carbocycles. The van der Waals surface area contributed by atoms with E-state index in [2.05, 4.69) is 0 Å². The third kappa shape index (κ3) is 3.55. The molecule has 0 aromatic heterocycles. The molecule has 6 heteroatoms. The van der Waals surface area contributed by atoms with Crippen molar-refractivity contribution in [2.24, 2.45) is 0 Å². The van der Waals surface area contributed by atoms with Crippen LogP contribution >= 0.6 is 11.6 Å². The molecule has 5 nitrogen and oxygen atoms in total. The van der Waals surface area contributed by atoms with Crippen molar-refractivity contribution in [1.82, 2.24) is 0 Å². The van der Waals surface area contributed by atoms with Crippen LogP contribution in [0.2, 0.25) is 5.02 Å². The molecule has 3 unspecified atom stereocenters. The lowest BCUT2D eigenvalue weighted by Gasteiger charge is -2.30. The summed E-state index contributed by atoms with van der Waals surface area (Å²) >= 11 is 5.73. The average molecular weight is 261 g/mol. The fourth-order valence-electron chi connectivity index (χ4n) is 1.40. The lowest BCUT2D eigenvalue weighted by atomic mass is 10.3. The van der Waals surface area contributed by atoms with Crippen LogP contribution in [0.5, 0.6) is 5.75 Å². The molecule has 17 heavy (non-hydrogen) atoms. The Labute approximate surface area is 103 Å². The molecule has 1 saturated heterocycles. The van der Waals surface area contributed by atoms with Gasteiger partial charge >= 0.3 is 0 Å². The summed E-state index contributed by atoms with van der Waals surface area (Å²) in [6.07, 6.45) is -3.03. The predicted molar refractivity (Wildman–Crippen MR) is 59.8 cm³/mol. The van der Waals surface area contributed by atoms with Crippen molar-refractivity contribution < 1.29 is 24.4 Å². The van der Waals surface area contributed by atoms with Crippen LogP contribution in [0.1, 0.15) is 0 Å². The molecule has 1 fully saturated rings. The van der Waals surface area contributed by atoms with Crippen LogP contribution in [-0.4, -0.2) is 42.1 Å². The zero-order valence-electron chi connectivity index (χ0n) is 8.95. The molecule has 1 aromatic rings. The van der Waals surface area contributed by atoms with E-state index in [0.29, 0.717) is 10.8 Å². The number of ether oxygens (including phenoxy) is 3. The Balaban J connectivity index is 1.80. The maximum atomic E-state index is 9.21. The van der Waals surface area contributed by atoms with E-state index >= 15 is 0 Å². The van der Waals surface area contributed by atoms with Gasteiger partial charge in [0.2, 0.25) is 12.6 Å². The fourth-order valence-corrected chi connectivity index (χ4v) is 1.53. The Morgan fingerprint density at radius 1 is 1.24 bits per heavy atom. The van der Waals surface area contributed by atoms with Crippen LogP contribution in [0.15, 0.2) is 24.3 Å². The molecule has 0 bridgehead atoms. The highest BCUT2D eigenvalue weighted by Crippen LogP contribution is 2.17. The maximum Gasteiger partial charge on any atom is 0.207 e. The van der Waals surface area contributed by atoms with Gasteiger partial charge in [-0.15, -0.1) is 0 Å². The van der Waals surface area contributed by atoms with E-state index < -0.39 is 18.7 Å². The third-order valence-corrected chi connectivity index (χ3v) is 2.53. The minimum atomic E-state index is -1.33. The molecule has 1 aliphatic rings. The number of hydrogen-bond acceptors (Lipinski definition) is 5. The second kappa shape index (κ2) is 5.66. The van der Waals surface area contributed by atoms with Crippen molar-refractivity contribution >= 4 is 11.6 Å². The molecular weight excluding hydrogens is 248 g/mol. The Morgan fingerprint density at radius 3 is 2.59 bits per heavy atom. The molecule has 0 amide bonds. The Kier molecular flexibility index (Phi) is 4.20. The second-order valence-electron chi connectivity index (χ2n) is 3.64. The molecule has 94 valence electrons. The average Bonchev–Trinajstić information content (AvgIpc) is 2.33. The first-order valence-electron chi connectivity index (χ1n) is 5.17. The Hall–Kier alpha value is -0.850. The molecule has 0 aliphatic carbocycles. The summed E-state index contributed by atoms with van der Waals surface area (Å²) < 4.78 is 15.4. The standard InChI is InChI=1S/C11H13ClO5/c12-7-1-3-8(4-2-7)15-5-9-6-16-10(13)11(14)17-9/h1-4,9-11,13-14H,5-6H2. The highest BCUT2D eigenvalue weighted by Gasteiger charge is 2.29. The fraction of sp³-hybridized carbons (Fsp3) is 0.455. The largest absolute Gasteiger partial charge is 0.491 e. The van der Waals surface area contributed by atoms with Gasteiger partial charge in [-0.05, 0) is 24.3 Å². The van der Waals surface area contributed by atoms with Gasteiger partial charge in [0.1, 0.15) is 18.5 Å². The van der Waals surface area contributed by atoms with E-state index in [0.717, 1.165) is 0 Å². The summed E-state index contributed by atoms with van der Waals surface area (Å²) in [7, 11) is 0. The third-order valence-electron chi connectivity index (χ3n) is 2.28. The van der Waals surface area contributed by atoms with Crippen LogP contribution in [0.4, 0.5) is 0 Å². The lowest BCUT2D eigenvalue weighted by Crippen LogP contribution is -2.45. The van der Waals surface area contributed by atoms with Crippen molar-refractivity contribution in [3.05, 3.63) is 29.3 Å². The van der Waals surface area contributed by atoms with Crippen LogP contribution < -0.4 is 4.74 Å². The van der Waals surface area contributed by atoms with Crippen molar-refractivity contribution in [2.45, 2.75) is 18.7 Å². The first kappa shape index (κ1) is 12.6. The van der Waals surface area contributed by atoms with Gasteiger partial charge in [-0.1, -0.05) is 11.6 Å². The zero-order valence-corrected chi connectivity index (χ0v) is 9.71. The van der Waals surface area contributed by atoms with E-state index in [9.17, 15) is 5.11 Å². The molecular formula is C11H13ClO5. The van der Waals surface area contributed by atoms with Gasteiger partial charge in [0.25, 0.3) is 0 Å². The SMILES string of the molecule is OC1OCC(COc2ccc(Cl)cc2)OC1O. The molecule has 1 aromatic carbocycles. The van der Waals surface area contributed by atoms with Crippen LogP contribution in [-0.2, 0) is 9.47 Å². The molecule has 0 spiro atoms. The lowest BCUT2D eigenvalue weighted by molar-refractivity contribution is -0.316. The molecule has 2 rings (SSSR count). The number of aliphatic hydroxyl groups excluding tert-OH is 2. The molecule has 1 aliphatic heterocycles. The molecule has 3 atom stereocenters. The summed E-state index contributed by atoms with van der Waals surface area (Å²) in [6.45, 7) is 0.400. The summed E-state index contributed by atoms with van der Waals surface area (Å²) in [5, 5.41) is 18.9. The van der Waals surface area contributed by atoms with Gasteiger partial charge in [0, 0.05) is 5.02 Å². The Morgan fingerprint density at radius 2 is 1.94 bits per heavy atom. The summed E-state index contributed by atoms with van der Waals surface area (Å²) in [4.78, 5) is 0. The summed E-state index contributed by atoms with van der Waals surface area (Å²) in [6, 6.07) is 6.90. The minimum absolute atomic E-state index is 0.172. The van der Waals surface area contributed by atoms with Gasteiger partial charge in [0.15, 0.2) is 0 Å². The second-order valence-corrected chi connectivity index (χ2v) is 4.07. The molecule has 1 heterocycles. The van der Waals surface area contributed by atoms with Crippen LogP contribution in [0, 0.1) is 0 Å². The first-order chi connectivity index (χ1) is 8.15. The van der Waals surface area contributed by atoms with E-state index in [1.807, 2.05) is 0 Å². The highest BCUT2D eigenvalue weighted by atomic mass is 35.5. The first-order valence-corrected chi connectivity index (χ1v) is 5.54. The number of aliphatic hydroxyl groups is 2. The topological polar surface area (TPSA) is 68.2 Å². The van der Waals surface area contributed by atoms with E-state index in [1.165, 1.54) is 0 Å². The predicted octanol–water partition coefficient (Wildman–Crippen LogP) is 0.771. The number of rotatable bonds is 3. The highest BCUT2D eigenvalue weighted by molar-refractivity contribution is 6.30. The van der Waals surface area contributed by atoms with Gasteiger partial charge in [-0.3, -0.25) is 0 Å². The zero-order chi connectivity index (χ0) is 12.3. The van der Waals surface area contributed by atoms with Crippen molar-refractivity contribution in [2.75, 3.05) is 13.2 Å². The monoisotopic (exact) mass is 260 g/mol. The normalized spacial score (nSPS) is 29.0. The molecule has 2 N–H and O–H groups in total. The Bertz CT molecular complexity index is 355. The number of benzene rings is 1. The van der Waals surface area contributed by atoms with Crippen LogP contribution in [0.3, 0.4) is 0 Å². The van der Waals surface area contributed by atoms with E-state index in [4.69, 9.17) is 30.9 Å². The number of hydrogen-bond donors (Lipinski definition) is 2. The summed E-state index contributed by atoms with van der Waals surface area (Å²) in [5.41, 5.74) is 0. The quantitative estimate of drug-likeness (QED) is 0.840. The van der Waals surface area contributed by atoms with E-state index in [-0.39, 0.29) is 13.2 Å². The minimum Gasteiger partial charge on any atom is -0.491 e. The van der Waals surface area contributed by atoms with Gasteiger partial charge < -0.3 is 24.4 Å². The smallest absolute Gasteiger partial charge is 0.207 e. The maximum absolute atomic E-state index is 9.21. The van der Waals surface area contributed by atoms with Crippen LogP contribution in [0.25, 0.3) is 0 Å². The number of halogens is 1. The van der Waals surface area contributed by atoms with Gasteiger partial charge in [-0.2, -0.15) is 0 Å². The van der Waals surface area contributed by atoms with Crippen molar-refractivity contribution in [3.63, 3.8) is 0 Å². The van der Waals surface area contributed by atoms with Gasteiger partial charge in [0.05, 0.1) is 6.61 Å². The summed E-state index contributed by atoms with van der Waals surface area (Å²) in [5.74, 6) is 0.651. The van der Waals surface area contributed by atoms with Crippen molar-refractivity contribution in [3.8, 4) is 5.75 Å².